The largest absolute Gasteiger partial charge is 0.370 e. The summed E-state index contributed by atoms with van der Waals surface area (Å²) >= 11 is 0. The molecule has 0 aliphatic carbocycles. The van der Waals surface area contributed by atoms with E-state index >= 15 is 0 Å². The monoisotopic (exact) mass is 262 g/mol. The third-order valence-electron chi connectivity index (χ3n) is 2.55. The second kappa shape index (κ2) is 8.97. The molecule has 0 fully saturated rings. The second-order valence-corrected chi connectivity index (χ2v) is 4.17. The molecule has 0 heterocycles. The van der Waals surface area contributed by atoms with Gasteiger partial charge in [-0.1, -0.05) is 31.5 Å². The minimum Gasteiger partial charge on any atom is -0.370 e. The summed E-state index contributed by atoms with van der Waals surface area (Å²) in [4.78, 5) is 15.9. The van der Waals surface area contributed by atoms with Gasteiger partial charge in [-0.2, -0.15) is 0 Å². The van der Waals surface area contributed by atoms with E-state index < -0.39 is 0 Å². The first-order valence-corrected chi connectivity index (χ1v) is 6.61. The zero-order chi connectivity index (χ0) is 13.9. The second-order valence-electron chi connectivity index (χ2n) is 4.17. The summed E-state index contributed by atoms with van der Waals surface area (Å²) < 4.78 is 0. The fourth-order valence-electron chi connectivity index (χ4n) is 1.47. The van der Waals surface area contributed by atoms with Crippen molar-refractivity contribution in [3.8, 4) is 0 Å². The molecule has 0 bridgehead atoms. The van der Waals surface area contributed by atoms with E-state index in [1.165, 1.54) is 0 Å². The number of aliphatic imine (C=N–C) groups is 1. The zero-order valence-electron chi connectivity index (χ0n) is 11.4. The average Bonchev–Trinajstić information content (AvgIpc) is 2.44. The van der Waals surface area contributed by atoms with E-state index in [1.54, 1.807) is 12.1 Å². The summed E-state index contributed by atoms with van der Waals surface area (Å²) in [6.45, 7) is 3.93. The molecule has 0 saturated carbocycles. The summed E-state index contributed by atoms with van der Waals surface area (Å²) in [6, 6.07) is 9.12. The van der Waals surface area contributed by atoms with E-state index in [0.29, 0.717) is 24.6 Å². The molecule has 0 aromatic heterocycles. The van der Waals surface area contributed by atoms with Gasteiger partial charge in [0.15, 0.2) is 5.96 Å². The number of benzene rings is 1. The Morgan fingerprint density at radius 1 is 1.21 bits per heavy atom. The van der Waals surface area contributed by atoms with Crippen LogP contribution in [0.3, 0.4) is 0 Å². The van der Waals surface area contributed by atoms with Crippen LogP contribution >= 0.6 is 0 Å². The van der Waals surface area contributed by atoms with Gasteiger partial charge < -0.3 is 16.4 Å². The van der Waals surface area contributed by atoms with Gasteiger partial charge in [0.2, 0.25) is 0 Å². The lowest BCUT2D eigenvalue weighted by Gasteiger charge is -2.07. The molecule has 104 valence electrons. The highest BCUT2D eigenvalue weighted by molar-refractivity contribution is 5.94. The Labute approximate surface area is 114 Å². The van der Waals surface area contributed by atoms with Gasteiger partial charge in [-0.05, 0) is 18.6 Å². The summed E-state index contributed by atoms with van der Waals surface area (Å²) in [7, 11) is 0. The predicted molar refractivity (Wildman–Crippen MR) is 78.2 cm³/mol. The maximum absolute atomic E-state index is 11.7. The lowest BCUT2D eigenvalue weighted by Crippen LogP contribution is -2.38. The van der Waals surface area contributed by atoms with Crippen molar-refractivity contribution in [2.24, 2.45) is 10.7 Å². The normalized spacial score (nSPS) is 11.1. The van der Waals surface area contributed by atoms with Crippen LogP contribution in [0.1, 0.15) is 30.1 Å². The van der Waals surface area contributed by atoms with Crippen molar-refractivity contribution in [3.05, 3.63) is 35.9 Å². The molecule has 1 aromatic rings. The molecule has 0 spiro atoms. The molecule has 1 aromatic carbocycles. The summed E-state index contributed by atoms with van der Waals surface area (Å²) in [5, 5.41) is 5.77. The quantitative estimate of drug-likeness (QED) is 0.391. The first-order chi connectivity index (χ1) is 9.24. The van der Waals surface area contributed by atoms with Crippen LogP contribution in [0, 0.1) is 0 Å². The Morgan fingerprint density at radius 2 is 1.89 bits per heavy atom. The summed E-state index contributed by atoms with van der Waals surface area (Å²) in [5.74, 6) is 0.353. The molecule has 1 rings (SSSR count). The molecular weight excluding hydrogens is 240 g/mol. The first kappa shape index (κ1) is 15.0. The summed E-state index contributed by atoms with van der Waals surface area (Å²) in [6.07, 6.45) is 2.14. The summed E-state index contributed by atoms with van der Waals surface area (Å²) in [5.41, 5.74) is 6.33. The van der Waals surface area contributed by atoms with Gasteiger partial charge in [0.1, 0.15) is 0 Å². The molecule has 5 nitrogen and oxygen atoms in total. The van der Waals surface area contributed by atoms with Crippen LogP contribution in [-0.4, -0.2) is 31.5 Å². The number of carbonyl (C=O) groups excluding carboxylic acids is 1. The van der Waals surface area contributed by atoms with Crippen LogP contribution in [-0.2, 0) is 0 Å². The van der Waals surface area contributed by atoms with E-state index in [2.05, 4.69) is 22.5 Å². The van der Waals surface area contributed by atoms with Crippen molar-refractivity contribution in [3.63, 3.8) is 0 Å². The molecule has 0 radical (unpaired) electrons. The number of nitrogens with one attached hydrogen (secondary N) is 2. The Balaban J connectivity index is 2.17. The fourth-order valence-corrected chi connectivity index (χ4v) is 1.47. The molecule has 0 saturated heterocycles. The van der Waals surface area contributed by atoms with Crippen molar-refractivity contribution in [1.29, 1.82) is 0 Å². The van der Waals surface area contributed by atoms with Crippen LogP contribution < -0.4 is 16.4 Å². The SMILES string of the molecule is CCCCN=C(N)NCCNC(=O)c1ccccc1. The van der Waals surface area contributed by atoms with E-state index in [-0.39, 0.29) is 5.91 Å². The highest BCUT2D eigenvalue weighted by Crippen LogP contribution is 1.96. The van der Waals surface area contributed by atoms with Gasteiger partial charge in [0.25, 0.3) is 5.91 Å². The topological polar surface area (TPSA) is 79.5 Å². The minimum atomic E-state index is -0.0797. The third-order valence-corrected chi connectivity index (χ3v) is 2.55. The van der Waals surface area contributed by atoms with Gasteiger partial charge in [-0.3, -0.25) is 9.79 Å². The number of nitrogens with zero attached hydrogens (tertiary/aromatic N) is 1. The number of rotatable bonds is 7. The molecule has 4 N–H and O–H groups in total. The van der Waals surface area contributed by atoms with Crippen molar-refractivity contribution in [2.45, 2.75) is 19.8 Å². The Hall–Kier alpha value is -2.04. The number of hydrogen-bond donors (Lipinski definition) is 3. The van der Waals surface area contributed by atoms with Crippen LogP contribution in [0.15, 0.2) is 35.3 Å². The Bertz CT molecular complexity index is 403. The van der Waals surface area contributed by atoms with Gasteiger partial charge >= 0.3 is 0 Å². The van der Waals surface area contributed by atoms with E-state index in [0.717, 1.165) is 19.4 Å². The van der Waals surface area contributed by atoms with Gasteiger partial charge in [-0.25, -0.2) is 0 Å². The standard InChI is InChI=1S/C14H22N4O/c1-2-3-9-17-14(15)18-11-10-16-13(19)12-7-5-4-6-8-12/h4-8H,2-3,9-11H2,1H3,(H,16,19)(H3,15,17,18). The van der Waals surface area contributed by atoms with Crippen LogP contribution in [0.25, 0.3) is 0 Å². The van der Waals surface area contributed by atoms with Crippen LogP contribution in [0.4, 0.5) is 0 Å². The highest BCUT2D eigenvalue weighted by Gasteiger charge is 2.02. The molecule has 0 aliphatic heterocycles. The lowest BCUT2D eigenvalue weighted by molar-refractivity contribution is 0.0954. The Kier molecular flexibility index (Phi) is 7.09. The van der Waals surface area contributed by atoms with Crippen molar-refractivity contribution in [2.75, 3.05) is 19.6 Å². The highest BCUT2D eigenvalue weighted by atomic mass is 16.1. The van der Waals surface area contributed by atoms with Gasteiger partial charge in [0, 0.05) is 25.2 Å². The van der Waals surface area contributed by atoms with E-state index in [4.69, 9.17) is 5.73 Å². The fraction of sp³-hybridized carbons (Fsp3) is 0.429. The molecule has 1 amide bonds. The zero-order valence-corrected chi connectivity index (χ0v) is 11.4. The predicted octanol–water partition coefficient (Wildman–Crippen LogP) is 1.12. The maximum Gasteiger partial charge on any atom is 0.251 e. The molecule has 5 heteroatoms. The number of nitrogens with two attached hydrogens (primary N) is 1. The first-order valence-electron chi connectivity index (χ1n) is 6.61. The van der Waals surface area contributed by atoms with E-state index in [9.17, 15) is 4.79 Å². The van der Waals surface area contributed by atoms with Crippen molar-refractivity contribution in [1.82, 2.24) is 10.6 Å². The number of unbranched alkanes of at least 4 members (excludes halogenated alkanes) is 1. The number of amides is 1. The van der Waals surface area contributed by atoms with Crippen molar-refractivity contribution >= 4 is 11.9 Å². The number of carbonyl (C=O) groups is 1. The average molecular weight is 262 g/mol. The smallest absolute Gasteiger partial charge is 0.251 e. The van der Waals surface area contributed by atoms with E-state index in [1.807, 2.05) is 18.2 Å². The lowest BCUT2D eigenvalue weighted by atomic mass is 10.2. The molecular formula is C14H22N4O. The molecule has 0 atom stereocenters. The van der Waals surface area contributed by atoms with Gasteiger partial charge in [-0.15, -0.1) is 0 Å². The molecule has 19 heavy (non-hydrogen) atoms. The van der Waals surface area contributed by atoms with Crippen molar-refractivity contribution < 1.29 is 4.79 Å². The third kappa shape index (κ3) is 6.45. The number of hydrogen-bond acceptors (Lipinski definition) is 2. The number of guanidine groups is 1. The minimum absolute atomic E-state index is 0.0797. The Morgan fingerprint density at radius 3 is 2.58 bits per heavy atom. The molecule has 0 unspecified atom stereocenters. The van der Waals surface area contributed by atoms with Crippen LogP contribution in [0.5, 0.6) is 0 Å². The molecule has 0 aliphatic rings. The maximum atomic E-state index is 11.7. The van der Waals surface area contributed by atoms with Crippen LogP contribution in [0.2, 0.25) is 0 Å². The van der Waals surface area contributed by atoms with Gasteiger partial charge in [0.05, 0.1) is 0 Å².